The normalized spacial score (nSPS) is 11.4. The van der Waals surface area contributed by atoms with Crippen LogP contribution in [0.3, 0.4) is 0 Å². The summed E-state index contributed by atoms with van der Waals surface area (Å²) < 4.78 is 2.56. The average molecular weight is 623 g/mol. The van der Waals surface area contributed by atoms with Gasteiger partial charge in [-0.25, -0.2) is 0 Å². The summed E-state index contributed by atoms with van der Waals surface area (Å²) in [5.41, 5.74) is 7.75. The first-order chi connectivity index (χ1) is 21.6. The molecule has 0 aliphatic rings. The van der Waals surface area contributed by atoms with E-state index in [2.05, 4.69) is 138 Å². The Hall–Kier alpha value is -4.60. The van der Waals surface area contributed by atoms with E-state index in [1.54, 1.807) is 6.07 Å². The summed E-state index contributed by atoms with van der Waals surface area (Å²) in [4.78, 5) is 2.38. The molecule has 1 nitrogen and oxygen atoms in total. The highest BCUT2D eigenvalue weighted by atomic mass is 35.5. The van der Waals surface area contributed by atoms with Gasteiger partial charge < -0.3 is 4.90 Å². The molecule has 7 aromatic carbocycles. The molecule has 0 aliphatic carbocycles. The molecular formula is C40H25Cl2NS. The molecule has 8 rings (SSSR count). The topological polar surface area (TPSA) is 3.24 Å². The van der Waals surface area contributed by atoms with Crippen LogP contribution >= 0.6 is 34.5 Å². The molecule has 0 amide bonds. The van der Waals surface area contributed by atoms with Crippen LogP contribution in [0.4, 0.5) is 17.1 Å². The van der Waals surface area contributed by atoms with Crippen LogP contribution in [0.2, 0.25) is 10.0 Å². The summed E-state index contributed by atoms with van der Waals surface area (Å²) in [6, 6.07) is 53.5. The third-order valence-electron chi connectivity index (χ3n) is 8.15. The molecule has 0 aliphatic heterocycles. The van der Waals surface area contributed by atoms with Crippen molar-refractivity contribution in [3.8, 4) is 22.3 Å². The van der Waals surface area contributed by atoms with Gasteiger partial charge in [-0.05, 0) is 82.2 Å². The minimum absolute atomic E-state index is 0.622. The molecule has 0 atom stereocenters. The van der Waals surface area contributed by atoms with E-state index in [0.29, 0.717) is 10.0 Å². The summed E-state index contributed by atoms with van der Waals surface area (Å²) in [5.74, 6) is 0. The minimum Gasteiger partial charge on any atom is -0.310 e. The van der Waals surface area contributed by atoms with Gasteiger partial charge in [-0.15, -0.1) is 11.3 Å². The van der Waals surface area contributed by atoms with Crippen LogP contribution in [-0.2, 0) is 0 Å². The standard InChI is InChI=1S/C40H25Cl2NS/c41-29-21-28(22-30(42)24-29)33-19-20-38(35-14-5-4-13-34(33)35)43(31-12-8-11-27(23-31)26-9-2-1-3-10-26)32-17-18-37-36-15-6-7-16-39(36)44-40(37)25-32/h1-25H. The average Bonchev–Trinajstić information content (AvgIpc) is 3.43. The number of rotatable bonds is 5. The van der Waals surface area contributed by atoms with Crippen molar-refractivity contribution < 1.29 is 0 Å². The molecule has 0 saturated heterocycles. The summed E-state index contributed by atoms with van der Waals surface area (Å²) >= 11 is 14.7. The molecule has 1 aromatic heterocycles. The van der Waals surface area contributed by atoms with E-state index in [4.69, 9.17) is 23.2 Å². The smallest absolute Gasteiger partial charge is 0.0540 e. The number of halogens is 2. The molecule has 0 saturated carbocycles. The van der Waals surface area contributed by atoms with Crippen LogP contribution in [0, 0.1) is 0 Å². The van der Waals surface area contributed by atoms with Crippen molar-refractivity contribution in [2.45, 2.75) is 0 Å². The van der Waals surface area contributed by atoms with E-state index in [1.165, 1.54) is 31.3 Å². The number of hydrogen-bond donors (Lipinski definition) is 0. The van der Waals surface area contributed by atoms with Crippen molar-refractivity contribution in [1.29, 1.82) is 0 Å². The molecule has 0 fully saturated rings. The first kappa shape index (κ1) is 27.0. The van der Waals surface area contributed by atoms with Crippen LogP contribution in [0.1, 0.15) is 0 Å². The van der Waals surface area contributed by atoms with Gasteiger partial charge in [0.25, 0.3) is 0 Å². The summed E-state index contributed by atoms with van der Waals surface area (Å²) in [6.45, 7) is 0. The Morgan fingerprint density at radius 1 is 0.409 bits per heavy atom. The second-order valence-corrected chi connectivity index (χ2v) is 12.8. The third kappa shape index (κ3) is 4.82. The molecule has 0 radical (unpaired) electrons. The van der Waals surface area contributed by atoms with Gasteiger partial charge >= 0.3 is 0 Å². The minimum atomic E-state index is 0.622. The van der Waals surface area contributed by atoms with Gasteiger partial charge in [-0.1, -0.05) is 120 Å². The number of hydrogen-bond acceptors (Lipinski definition) is 2. The van der Waals surface area contributed by atoms with E-state index >= 15 is 0 Å². The van der Waals surface area contributed by atoms with E-state index in [1.807, 2.05) is 23.5 Å². The van der Waals surface area contributed by atoms with E-state index < -0.39 is 0 Å². The lowest BCUT2D eigenvalue weighted by molar-refractivity contribution is 1.30. The van der Waals surface area contributed by atoms with Crippen molar-refractivity contribution in [3.05, 3.63) is 162 Å². The van der Waals surface area contributed by atoms with Gasteiger partial charge in [0.15, 0.2) is 0 Å². The molecule has 8 aromatic rings. The number of nitrogens with zero attached hydrogens (tertiary/aromatic N) is 1. The quantitative estimate of drug-likeness (QED) is 0.185. The first-order valence-electron chi connectivity index (χ1n) is 14.5. The summed E-state index contributed by atoms with van der Waals surface area (Å²) in [5, 5.41) is 6.10. The summed E-state index contributed by atoms with van der Waals surface area (Å²) in [7, 11) is 0. The Labute approximate surface area is 270 Å². The zero-order valence-corrected chi connectivity index (χ0v) is 25.9. The maximum Gasteiger partial charge on any atom is 0.0540 e. The fourth-order valence-electron chi connectivity index (χ4n) is 6.18. The number of anilines is 3. The molecule has 44 heavy (non-hydrogen) atoms. The van der Waals surface area contributed by atoms with Gasteiger partial charge in [0, 0.05) is 47.0 Å². The van der Waals surface area contributed by atoms with Gasteiger partial charge in [0.2, 0.25) is 0 Å². The third-order valence-corrected chi connectivity index (χ3v) is 9.72. The highest BCUT2D eigenvalue weighted by molar-refractivity contribution is 7.25. The van der Waals surface area contributed by atoms with E-state index in [0.717, 1.165) is 39.0 Å². The van der Waals surface area contributed by atoms with Gasteiger partial charge in [0.1, 0.15) is 0 Å². The molecule has 1 heterocycles. The monoisotopic (exact) mass is 621 g/mol. The number of thiophene rings is 1. The molecular weight excluding hydrogens is 597 g/mol. The van der Waals surface area contributed by atoms with Crippen molar-refractivity contribution in [1.82, 2.24) is 0 Å². The molecule has 0 bridgehead atoms. The lowest BCUT2D eigenvalue weighted by atomic mass is 9.96. The Kier molecular flexibility index (Phi) is 6.84. The largest absolute Gasteiger partial charge is 0.310 e. The predicted molar refractivity (Wildman–Crippen MR) is 192 cm³/mol. The molecule has 4 heteroatoms. The Morgan fingerprint density at radius 3 is 1.89 bits per heavy atom. The van der Waals surface area contributed by atoms with Crippen LogP contribution < -0.4 is 4.90 Å². The highest BCUT2D eigenvalue weighted by Crippen LogP contribution is 2.45. The molecule has 0 N–H and O–H groups in total. The molecule has 0 spiro atoms. The van der Waals surface area contributed by atoms with Gasteiger partial charge in [-0.2, -0.15) is 0 Å². The number of benzene rings is 7. The summed E-state index contributed by atoms with van der Waals surface area (Å²) in [6.07, 6.45) is 0. The van der Waals surface area contributed by atoms with Crippen molar-refractivity contribution in [2.24, 2.45) is 0 Å². The zero-order valence-electron chi connectivity index (χ0n) is 23.5. The van der Waals surface area contributed by atoms with Crippen molar-refractivity contribution in [2.75, 3.05) is 4.90 Å². The second-order valence-electron chi connectivity index (χ2n) is 10.9. The Bertz CT molecular complexity index is 2300. The van der Waals surface area contributed by atoms with Gasteiger partial charge in [0.05, 0.1) is 5.69 Å². The SMILES string of the molecule is Clc1cc(Cl)cc(-c2ccc(N(c3cccc(-c4ccccc4)c3)c3ccc4c(c3)sc3ccccc34)c3ccccc23)c1. The molecule has 0 unspecified atom stereocenters. The molecule has 210 valence electrons. The maximum atomic E-state index is 6.44. The van der Waals surface area contributed by atoms with Crippen LogP contribution in [-0.4, -0.2) is 0 Å². The lowest BCUT2D eigenvalue weighted by Crippen LogP contribution is -2.10. The fraction of sp³-hybridized carbons (Fsp3) is 0. The first-order valence-corrected chi connectivity index (χ1v) is 16.0. The highest BCUT2D eigenvalue weighted by Gasteiger charge is 2.19. The van der Waals surface area contributed by atoms with Crippen LogP contribution in [0.15, 0.2) is 152 Å². The zero-order chi connectivity index (χ0) is 29.6. The Morgan fingerprint density at radius 2 is 1.07 bits per heavy atom. The number of fused-ring (bicyclic) bond motifs is 4. The maximum absolute atomic E-state index is 6.44. The van der Waals surface area contributed by atoms with Crippen molar-refractivity contribution in [3.63, 3.8) is 0 Å². The predicted octanol–water partition coefficient (Wildman–Crippen LogP) is 13.3. The van der Waals surface area contributed by atoms with E-state index in [-0.39, 0.29) is 0 Å². The van der Waals surface area contributed by atoms with Crippen LogP contribution in [0.25, 0.3) is 53.2 Å². The lowest BCUT2D eigenvalue weighted by Gasteiger charge is -2.28. The van der Waals surface area contributed by atoms with Crippen molar-refractivity contribution >= 4 is 82.5 Å². The Balaban J connectivity index is 1.37. The van der Waals surface area contributed by atoms with Crippen LogP contribution in [0.5, 0.6) is 0 Å². The van der Waals surface area contributed by atoms with E-state index in [9.17, 15) is 0 Å². The van der Waals surface area contributed by atoms with Gasteiger partial charge in [-0.3, -0.25) is 0 Å². The second kappa shape index (κ2) is 11.2. The fourth-order valence-corrected chi connectivity index (χ4v) is 7.84.